The third kappa shape index (κ3) is 4.40. The van der Waals surface area contributed by atoms with E-state index in [1.807, 2.05) is 0 Å². The van der Waals surface area contributed by atoms with Gasteiger partial charge in [0.05, 0.1) is 6.10 Å². The molecule has 1 aliphatic carbocycles. The number of rotatable bonds is 5. The summed E-state index contributed by atoms with van der Waals surface area (Å²) in [5, 5.41) is 18.5. The largest absolute Gasteiger partial charge is 0.480 e. The Hall–Kier alpha value is -0.260. The summed E-state index contributed by atoms with van der Waals surface area (Å²) in [6.45, 7) is 0. The number of carbonyl (C=O) groups is 1. The highest BCUT2D eigenvalue weighted by Gasteiger charge is 2.23. The SMILES string of the molecule is NC(CCSC1CCCCC1O)C(=O)O. The zero-order chi connectivity index (χ0) is 11.3. The van der Waals surface area contributed by atoms with Gasteiger partial charge in [0.2, 0.25) is 0 Å². The molecule has 0 aromatic carbocycles. The van der Waals surface area contributed by atoms with Crippen LogP contribution in [0.25, 0.3) is 0 Å². The van der Waals surface area contributed by atoms with Gasteiger partial charge in [-0.05, 0) is 25.0 Å². The molecule has 0 saturated heterocycles. The number of carboxylic acid groups (broad SMARTS) is 1. The third-order valence-corrected chi connectivity index (χ3v) is 4.20. The fourth-order valence-corrected chi connectivity index (χ4v) is 3.13. The van der Waals surface area contributed by atoms with Gasteiger partial charge in [-0.25, -0.2) is 0 Å². The van der Waals surface area contributed by atoms with Crippen molar-refractivity contribution in [1.29, 1.82) is 0 Å². The maximum Gasteiger partial charge on any atom is 0.320 e. The lowest BCUT2D eigenvalue weighted by molar-refractivity contribution is -0.138. The predicted molar refractivity (Wildman–Crippen MR) is 60.9 cm³/mol. The maximum atomic E-state index is 10.5. The summed E-state index contributed by atoms with van der Waals surface area (Å²) in [5.74, 6) is -0.227. The second-order valence-electron chi connectivity index (χ2n) is 3.99. The van der Waals surface area contributed by atoms with E-state index in [0.717, 1.165) is 25.0 Å². The van der Waals surface area contributed by atoms with Crippen molar-refractivity contribution in [3.05, 3.63) is 0 Å². The molecule has 1 aliphatic rings. The molecular weight excluding hydrogens is 214 g/mol. The van der Waals surface area contributed by atoms with Crippen LogP contribution >= 0.6 is 11.8 Å². The molecule has 0 aliphatic heterocycles. The first-order chi connectivity index (χ1) is 7.11. The number of aliphatic carboxylic acids is 1. The Morgan fingerprint density at radius 3 is 2.73 bits per heavy atom. The second kappa shape index (κ2) is 6.35. The number of aliphatic hydroxyl groups is 1. The summed E-state index contributed by atoms with van der Waals surface area (Å²) in [7, 11) is 0. The van der Waals surface area contributed by atoms with Gasteiger partial charge in [-0.3, -0.25) is 4.79 Å². The van der Waals surface area contributed by atoms with Crippen molar-refractivity contribution in [3.63, 3.8) is 0 Å². The van der Waals surface area contributed by atoms with E-state index in [1.54, 1.807) is 11.8 Å². The predicted octanol–water partition coefficient (Wildman–Crippen LogP) is 0.825. The lowest BCUT2D eigenvalue weighted by Crippen LogP contribution is -2.32. The Kier molecular flexibility index (Phi) is 5.42. The van der Waals surface area contributed by atoms with E-state index in [2.05, 4.69) is 0 Å². The van der Waals surface area contributed by atoms with Gasteiger partial charge in [0, 0.05) is 5.25 Å². The Bertz CT molecular complexity index is 213. The highest BCUT2D eigenvalue weighted by molar-refractivity contribution is 7.99. The van der Waals surface area contributed by atoms with Gasteiger partial charge in [-0.1, -0.05) is 12.8 Å². The summed E-state index contributed by atoms with van der Waals surface area (Å²) in [6, 6.07) is -0.766. The Morgan fingerprint density at radius 2 is 2.13 bits per heavy atom. The van der Waals surface area contributed by atoms with Crippen molar-refractivity contribution in [1.82, 2.24) is 0 Å². The minimum Gasteiger partial charge on any atom is -0.480 e. The molecule has 1 rings (SSSR count). The molecule has 0 spiro atoms. The third-order valence-electron chi connectivity index (χ3n) is 2.75. The topological polar surface area (TPSA) is 83.5 Å². The van der Waals surface area contributed by atoms with E-state index in [9.17, 15) is 9.90 Å². The Balaban J connectivity index is 2.16. The lowest BCUT2D eigenvalue weighted by atomic mass is 9.97. The van der Waals surface area contributed by atoms with Crippen LogP contribution < -0.4 is 5.73 Å². The number of carboxylic acids is 1. The Labute approximate surface area is 94.2 Å². The molecule has 4 N–H and O–H groups in total. The molecule has 3 unspecified atom stereocenters. The first kappa shape index (κ1) is 12.8. The molecular formula is C10H19NO3S. The molecule has 15 heavy (non-hydrogen) atoms. The maximum absolute atomic E-state index is 10.5. The van der Waals surface area contributed by atoms with Gasteiger partial charge in [0.1, 0.15) is 6.04 Å². The van der Waals surface area contributed by atoms with Crippen LogP contribution in [0.2, 0.25) is 0 Å². The van der Waals surface area contributed by atoms with Gasteiger partial charge in [0.15, 0.2) is 0 Å². The minimum absolute atomic E-state index is 0.218. The van der Waals surface area contributed by atoms with Crippen LogP contribution in [-0.2, 0) is 4.79 Å². The molecule has 1 saturated carbocycles. The molecule has 88 valence electrons. The average molecular weight is 233 g/mol. The fraction of sp³-hybridized carbons (Fsp3) is 0.900. The van der Waals surface area contributed by atoms with E-state index in [4.69, 9.17) is 10.8 Å². The molecule has 0 heterocycles. The molecule has 3 atom stereocenters. The van der Waals surface area contributed by atoms with Gasteiger partial charge in [-0.15, -0.1) is 0 Å². The number of nitrogens with two attached hydrogens (primary N) is 1. The van der Waals surface area contributed by atoms with Crippen molar-refractivity contribution < 1.29 is 15.0 Å². The van der Waals surface area contributed by atoms with E-state index in [1.165, 1.54) is 6.42 Å². The first-order valence-corrected chi connectivity index (χ1v) is 6.44. The molecule has 4 nitrogen and oxygen atoms in total. The zero-order valence-electron chi connectivity index (χ0n) is 8.76. The van der Waals surface area contributed by atoms with Crippen molar-refractivity contribution >= 4 is 17.7 Å². The van der Waals surface area contributed by atoms with Crippen LogP contribution in [0.5, 0.6) is 0 Å². The van der Waals surface area contributed by atoms with E-state index < -0.39 is 12.0 Å². The quantitative estimate of drug-likeness (QED) is 0.655. The fourth-order valence-electron chi connectivity index (χ4n) is 1.74. The smallest absolute Gasteiger partial charge is 0.320 e. The van der Waals surface area contributed by atoms with Crippen molar-refractivity contribution in [2.24, 2.45) is 5.73 Å². The summed E-state index contributed by atoms with van der Waals surface area (Å²) < 4.78 is 0. The summed E-state index contributed by atoms with van der Waals surface area (Å²) >= 11 is 1.66. The van der Waals surface area contributed by atoms with Crippen LogP contribution in [0.3, 0.4) is 0 Å². The van der Waals surface area contributed by atoms with Gasteiger partial charge in [0.25, 0.3) is 0 Å². The van der Waals surface area contributed by atoms with Gasteiger partial charge >= 0.3 is 5.97 Å². The molecule has 1 fully saturated rings. The number of hydrogen-bond acceptors (Lipinski definition) is 4. The van der Waals surface area contributed by atoms with Crippen molar-refractivity contribution in [3.8, 4) is 0 Å². The molecule has 0 aromatic heterocycles. The van der Waals surface area contributed by atoms with Crippen LogP contribution in [0.1, 0.15) is 32.1 Å². The normalized spacial score (nSPS) is 28.7. The molecule has 0 aromatic rings. The standard InChI is InChI=1S/C10H19NO3S/c11-7(10(13)14)5-6-15-9-4-2-1-3-8(9)12/h7-9,12H,1-6,11H2,(H,13,14). The second-order valence-corrected chi connectivity index (χ2v) is 5.34. The van der Waals surface area contributed by atoms with E-state index in [-0.39, 0.29) is 11.4 Å². The number of aliphatic hydroxyl groups excluding tert-OH is 1. The van der Waals surface area contributed by atoms with E-state index in [0.29, 0.717) is 6.42 Å². The summed E-state index contributed by atoms with van der Waals surface area (Å²) in [4.78, 5) is 10.5. The minimum atomic E-state index is -0.945. The van der Waals surface area contributed by atoms with Gasteiger partial charge < -0.3 is 15.9 Å². The Morgan fingerprint density at radius 1 is 1.47 bits per heavy atom. The van der Waals surface area contributed by atoms with Crippen LogP contribution in [0.15, 0.2) is 0 Å². The van der Waals surface area contributed by atoms with Crippen LogP contribution in [-0.4, -0.2) is 39.3 Å². The number of hydrogen-bond donors (Lipinski definition) is 3. The molecule has 0 radical (unpaired) electrons. The highest BCUT2D eigenvalue weighted by atomic mass is 32.2. The lowest BCUT2D eigenvalue weighted by Gasteiger charge is -2.27. The molecule has 0 bridgehead atoms. The van der Waals surface area contributed by atoms with Crippen molar-refractivity contribution in [2.45, 2.75) is 49.5 Å². The molecule has 5 heteroatoms. The van der Waals surface area contributed by atoms with E-state index >= 15 is 0 Å². The van der Waals surface area contributed by atoms with Gasteiger partial charge in [-0.2, -0.15) is 11.8 Å². The molecule has 0 amide bonds. The summed E-state index contributed by atoms with van der Waals surface area (Å²) in [5.41, 5.74) is 5.39. The average Bonchev–Trinajstić information content (AvgIpc) is 2.20. The van der Waals surface area contributed by atoms with Crippen LogP contribution in [0, 0.1) is 0 Å². The number of thioether (sulfide) groups is 1. The summed E-state index contributed by atoms with van der Waals surface area (Å²) in [6.07, 6.45) is 4.44. The zero-order valence-corrected chi connectivity index (χ0v) is 9.58. The monoisotopic (exact) mass is 233 g/mol. The van der Waals surface area contributed by atoms with Crippen molar-refractivity contribution in [2.75, 3.05) is 5.75 Å². The van der Waals surface area contributed by atoms with Crippen LogP contribution in [0.4, 0.5) is 0 Å². The highest BCUT2D eigenvalue weighted by Crippen LogP contribution is 2.29. The first-order valence-electron chi connectivity index (χ1n) is 5.39.